The number of carbonyl (C=O) groups excluding carboxylic acids is 2. The number of rotatable bonds is 12. The lowest BCUT2D eigenvalue weighted by molar-refractivity contribution is -0.193. The third kappa shape index (κ3) is 16.4. The number of pyridine rings is 1. The third-order valence-corrected chi connectivity index (χ3v) is 11.2. The highest BCUT2D eigenvalue weighted by atomic mass is 127. The second-order valence-corrected chi connectivity index (χ2v) is 16.6. The van der Waals surface area contributed by atoms with E-state index in [4.69, 9.17) is 24.5 Å². The smallest absolute Gasteiger partial charge is 0.490 e. The Morgan fingerprint density at radius 2 is 1.39 bits per heavy atom. The molecule has 1 atom stereocenters. The Kier molecular flexibility index (Phi) is 19.6. The molecule has 0 saturated carbocycles. The van der Waals surface area contributed by atoms with Gasteiger partial charge in [0.1, 0.15) is 11.9 Å². The van der Waals surface area contributed by atoms with Gasteiger partial charge in [-0.25, -0.2) is 14.4 Å². The zero-order valence-electron chi connectivity index (χ0n) is 34.2. The SMILES string of the molecule is O=C(CCN1CCC(OC(=O)Nc2ccccc2-c2ccccc2)CC1)Nc1c(I)cc(CNC[C@H](O)c2ccc(O)c3[nH]c(=O)ccc23)cc1I.O=C(O)C(F)(F)F.O=C(O)C(F)(F)F. The first kappa shape index (κ1) is 53.1. The van der Waals surface area contributed by atoms with Gasteiger partial charge in [-0.1, -0.05) is 54.6 Å². The van der Waals surface area contributed by atoms with Crippen molar-refractivity contribution in [2.75, 3.05) is 36.8 Å². The molecule has 6 rings (SSSR count). The van der Waals surface area contributed by atoms with E-state index in [0.717, 1.165) is 42.6 Å². The molecule has 1 aliphatic rings. The van der Waals surface area contributed by atoms with Crippen molar-refractivity contribution >= 4 is 91.4 Å². The van der Waals surface area contributed by atoms with Gasteiger partial charge in [-0.05, 0) is 105 Å². The Labute approximate surface area is 398 Å². The number of fused-ring (bicyclic) bond motifs is 1. The van der Waals surface area contributed by atoms with Gasteiger partial charge in [0.25, 0.3) is 0 Å². The largest absolute Gasteiger partial charge is 0.506 e. The van der Waals surface area contributed by atoms with E-state index in [9.17, 15) is 50.9 Å². The first-order valence-electron chi connectivity index (χ1n) is 19.5. The minimum atomic E-state index is -5.08. The van der Waals surface area contributed by atoms with E-state index in [-0.39, 0.29) is 29.9 Å². The van der Waals surface area contributed by atoms with Crippen molar-refractivity contribution in [3.8, 4) is 16.9 Å². The Hall–Kier alpha value is -5.51. The second-order valence-electron chi connectivity index (χ2n) is 14.3. The number of aliphatic carboxylic acids is 2. The molecule has 0 radical (unpaired) electrons. The van der Waals surface area contributed by atoms with Gasteiger partial charge in [0.2, 0.25) is 11.5 Å². The van der Waals surface area contributed by atoms with Gasteiger partial charge in [-0.15, -0.1) is 0 Å². The number of aliphatic hydroxyl groups excluding tert-OH is 1. The number of piperidine rings is 1. The predicted octanol–water partition coefficient (Wildman–Crippen LogP) is 8.24. The maximum Gasteiger partial charge on any atom is 0.490 e. The number of carbonyl (C=O) groups is 4. The summed E-state index contributed by atoms with van der Waals surface area (Å²) in [5.74, 6) is -5.63. The Morgan fingerprint density at radius 3 is 1.98 bits per heavy atom. The van der Waals surface area contributed by atoms with E-state index < -0.39 is 36.5 Å². The number of aromatic amines is 1. The Bertz CT molecular complexity index is 2490. The number of nitrogens with zero attached hydrogens (tertiary/aromatic N) is 1. The number of ether oxygens (including phenoxy) is 1. The topological polar surface area (TPSA) is 231 Å². The van der Waals surface area contributed by atoms with Gasteiger partial charge in [-0.3, -0.25) is 14.9 Å². The van der Waals surface area contributed by atoms with Crippen LogP contribution in [-0.4, -0.2) is 98.9 Å². The van der Waals surface area contributed by atoms with Gasteiger partial charge >= 0.3 is 30.4 Å². The fourth-order valence-corrected chi connectivity index (χ4v) is 8.49. The molecule has 23 heteroatoms. The summed E-state index contributed by atoms with van der Waals surface area (Å²) in [5, 5.41) is 45.1. The van der Waals surface area contributed by atoms with Gasteiger partial charge in [0, 0.05) is 63.3 Å². The first-order chi connectivity index (χ1) is 31.0. The van der Waals surface area contributed by atoms with E-state index in [1.165, 1.54) is 12.1 Å². The van der Waals surface area contributed by atoms with Crippen LogP contribution in [0.2, 0.25) is 0 Å². The molecule has 1 aromatic heterocycles. The van der Waals surface area contributed by atoms with Crippen LogP contribution in [0.3, 0.4) is 0 Å². The van der Waals surface area contributed by atoms with Crippen LogP contribution in [0.25, 0.3) is 22.0 Å². The lowest BCUT2D eigenvalue weighted by Gasteiger charge is -2.31. The number of phenols is 1. The van der Waals surface area contributed by atoms with Gasteiger partial charge in [-0.2, -0.15) is 26.3 Å². The number of nitrogens with one attached hydrogen (secondary N) is 4. The average Bonchev–Trinajstić information content (AvgIpc) is 3.25. The molecular formula is C43H41F6I2N5O10. The minimum absolute atomic E-state index is 0.0525. The quantitative estimate of drug-likeness (QED) is 0.0436. The van der Waals surface area contributed by atoms with Crippen LogP contribution in [0.4, 0.5) is 42.5 Å². The van der Waals surface area contributed by atoms with Crippen molar-refractivity contribution in [2.45, 2.75) is 50.4 Å². The molecule has 15 nitrogen and oxygen atoms in total. The number of para-hydroxylation sites is 1. The van der Waals surface area contributed by atoms with E-state index in [2.05, 4.69) is 71.0 Å². The fraction of sp³-hybridized carbons (Fsp3) is 0.279. The molecule has 66 heavy (non-hydrogen) atoms. The highest BCUT2D eigenvalue weighted by Crippen LogP contribution is 2.31. The predicted molar refractivity (Wildman–Crippen MR) is 247 cm³/mol. The molecule has 1 saturated heterocycles. The number of likely N-dealkylation sites (tertiary alicyclic amines) is 1. The van der Waals surface area contributed by atoms with Crippen molar-refractivity contribution in [3.05, 3.63) is 120 Å². The number of amides is 2. The molecule has 4 aromatic carbocycles. The number of carboxylic acids is 2. The number of hydrogen-bond donors (Lipinski definition) is 8. The van der Waals surface area contributed by atoms with E-state index in [0.29, 0.717) is 54.5 Å². The lowest BCUT2D eigenvalue weighted by Crippen LogP contribution is -2.39. The van der Waals surface area contributed by atoms with Crippen LogP contribution in [0, 0.1) is 7.14 Å². The second kappa shape index (κ2) is 24.3. The van der Waals surface area contributed by atoms with Gasteiger partial charge in [0.15, 0.2) is 0 Å². The Balaban J connectivity index is 0.000000590. The van der Waals surface area contributed by atoms with E-state index >= 15 is 0 Å². The van der Waals surface area contributed by atoms with Crippen molar-refractivity contribution in [1.82, 2.24) is 15.2 Å². The van der Waals surface area contributed by atoms with Crippen LogP contribution in [-0.2, 0) is 25.7 Å². The molecule has 0 spiro atoms. The Morgan fingerprint density at radius 1 is 0.818 bits per heavy atom. The maximum atomic E-state index is 13.0. The number of hydrogen-bond acceptors (Lipinski definition) is 10. The molecule has 1 aliphatic heterocycles. The standard InChI is InChI=1S/C39H39I2N5O6.2C2HF3O2/c40-30-20-24(22-42-23-34(48)28-10-12-33(47)37-29(28)11-13-35(49)44-37)21-31(41)38(30)45-36(50)16-19-46-17-14-26(15-18-46)52-39(51)43-32-9-5-4-8-27(32)25-6-2-1-3-7-25;2*3-2(4,5)1(6)7/h1-13,20-21,26,34,42,47-48H,14-19,22-23H2,(H,43,51)(H,44,49)(H,45,50);2*(H,6,7)/t34-;;/m0../s1. The van der Waals surface area contributed by atoms with Crippen LogP contribution in [0.15, 0.2) is 95.8 Å². The molecule has 354 valence electrons. The number of benzene rings is 4. The van der Waals surface area contributed by atoms with Crippen molar-refractivity contribution in [1.29, 1.82) is 0 Å². The number of anilines is 2. The zero-order valence-corrected chi connectivity index (χ0v) is 38.5. The van der Waals surface area contributed by atoms with Gasteiger partial charge in [0.05, 0.1) is 23.0 Å². The number of aromatic hydroxyl groups is 1. The summed E-state index contributed by atoms with van der Waals surface area (Å²) in [6, 6.07) is 27.6. The molecule has 5 aromatic rings. The first-order valence-corrected chi connectivity index (χ1v) is 21.6. The highest BCUT2D eigenvalue weighted by molar-refractivity contribution is 14.1. The summed E-state index contributed by atoms with van der Waals surface area (Å²) in [6.07, 6.45) is -9.94. The summed E-state index contributed by atoms with van der Waals surface area (Å²) in [6.45, 7) is 2.83. The van der Waals surface area contributed by atoms with Crippen LogP contribution in [0.5, 0.6) is 5.75 Å². The molecule has 0 bridgehead atoms. The fourth-order valence-electron chi connectivity index (χ4n) is 6.32. The van der Waals surface area contributed by atoms with Crippen LogP contribution in [0.1, 0.15) is 36.5 Å². The third-order valence-electron chi connectivity index (χ3n) is 9.50. The molecule has 0 aliphatic carbocycles. The van der Waals surface area contributed by atoms with Crippen LogP contribution < -0.4 is 21.5 Å². The van der Waals surface area contributed by atoms with Crippen molar-refractivity contribution in [2.24, 2.45) is 0 Å². The zero-order chi connectivity index (χ0) is 48.8. The molecule has 2 heterocycles. The number of H-pyrrole nitrogens is 1. The number of phenolic OH excluding ortho intramolecular Hbond substituents is 1. The molecule has 8 N–H and O–H groups in total. The molecule has 2 amide bonds. The minimum Gasteiger partial charge on any atom is -0.506 e. The maximum absolute atomic E-state index is 13.0. The van der Waals surface area contributed by atoms with Crippen molar-refractivity contribution < 1.29 is 70.7 Å². The summed E-state index contributed by atoms with van der Waals surface area (Å²) in [7, 11) is 0. The summed E-state index contributed by atoms with van der Waals surface area (Å²) < 4.78 is 71.1. The van der Waals surface area contributed by atoms with Gasteiger partial charge < -0.3 is 45.7 Å². The van der Waals surface area contributed by atoms with Crippen LogP contribution >= 0.6 is 45.2 Å². The van der Waals surface area contributed by atoms with Crippen molar-refractivity contribution in [3.63, 3.8) is 0 Å². The summed E-state index contributed by atoms with van der Waals surface area (Å²) >= 11 is 4.45. The number of alkyl halides is 6. The monoisotopic (exact) mass is 1160 g/mol. The number of carboxylic acid groups (broad SMARTS) is 2. The molecular weight excluding hydrogens is 1110 g/mol. The average molecular weight is 1160 g/mol. The highest BCUT2D eigenvalue weighted by Gasteiger charge is 2.39. The summed E-state index contributed by atoms with van der Waals surface area (Å²) in [5.41, 5.74) is 4.98. The molecule has 0 unspecified atom stereocenters. The van der Waals surface area contributed by atoms with E-state index in [1.807, 2.05) is 66.7 Å². The number of halogens is 8. The lowest BCUT2D eigenvalue weighted by atomic mass is 10.0. The summed E-state index contributed by atoms with van der Waals surface area (Å²) in [4.78, 5) is 60.1. The van der Waals surface area contributed by atoms with E-state index in [1.54, 1.807) is 12.1 Å². The number of aliphatic hydroxyl groups is 1. The number of aromatic nitrogens is 1. The normalized spacial score (nSPS) is 13.6. The molecule has 1 fully saturated rings.